The van der Waals surface area contributed by atoms with Gasteiger partial charge in [-0.05, 0) is 42.5 Å². The Morgan fingerprint density at radius 1 is 1.17 bits per heavy atom. The van der Waals surface area contributed by atoms with Crippen LogP contribution in [0.4, 0.5) is 8.78 Å². The van der Waals surface area contributed by atoms with Crippen LogP contribution in [0.1, 0.15) is 12.0 Å². The van der Waals surface area contributed by atoms with Gasteiger partial charge in [0.25, 0.3) is 5.91 Å². The maximum atomic E-state index is 13.4. The van der Waals surface area contributed by atoms with E-state index in [2.05, 4.69) is 10.5 Å². The van der Waals surface area contributed by atoms with Crippen LogP contribution in [0, 0.1) is 11.6 Å². The van der Waals surface area contributed by atoms with Crippen molar-refractivity contribution in [3.05, 3.63) is 59.7 Å². The van der Waals surface area contributed by atoms with Gasteiger partial charge < -0.3 is 4.74 Å². The molecule has 24 heavy (non-hydrogen) atoms. The van der Waals surface area contributed by atoms with Crippen molar-refractivity contribution in [3.63, 3.8) is 0 Å². The lowest BCUT2D eigenvalue weighted by atomic mass is 10.1. The van der Waals surface area contributed by atoms with Crippen LogP contribution in [0.5, 0.6) is 5.75 Å². The summed E-state index contributed by atoms with van der Waals surface area (Å²) in [7, 11) is 0. The average Bonchev–Trinajstić information content (AvgIpc) is 2.59. The van der Waals surface area contributed by atoms with Crippen molar-refractivity contribution in [2.45, 2.75) is 11.3 Å². The van der Waals surface area contributed by atoms with Crippen molar-refractivity contribution in [2.24, 2.45) is 5.10 Å². The topological polar surface area (TPSA) is 50.7 Å². The third-order valence-corrected chi connectivity index (χ3v) is 4.42. The van der Waals surface area contributed by atoms with Gasteiger partial charge in [0.05, 0.1) is 5.71 Å². The number of nitrogens with zero attached hydrogens (tertiary/aromatic N) is 1. The lowest BCUT2D eigenvalue weighted by Crippen LogP contribution is -2.26. The largest absolute Gasteiger partial charge is 0.484 e. The minimum atomic E-state index is -0.442. The lowest BCUT2D eigenvalue weighted by molar-refractivity contribution is -0.123. The highest BCUT2D eigenvalue weighted by molar-refractivity contribution is 7.99. The van der Waals surface area contributed by atoms with E-state index >= 15 is 0 Å². The summed E-state index contributed by atoms with van der Waals surface area (Å²) in [4.78, 5) is 12.8. The molecule has 0 aromatic heterocycles. The summed E-state index contributed by atoms with van der Waals surface area (Å²) < 4.78 is 31.4. The molecule has 0 saturated heterocycles. The number of fused-ring (bicyclic) bond motifs is 1. The number of rotatable bonds is 4. The van der Waals surface area contributed by atoms with E-state index in [1.807, 2.05) is 0 Å². The summed E-state index contributed by atoms with van der Waals surface area (Å²) in [5.74, 6) is 0.0530. The summed E-state index contributed by atoms with van der Waals surface area (Å²) in [6, 6.07) is 9.91. The molecule has 4 nitrogen and oxygen atoms in total. The molecule has 0 aliphatic carbocycles. The highest BCUT2D eigenvalue weighted by Crippen LogP contribution is 2.30. The van der Waals surface area contributed by atoms with E-state index in [4.69, 9.17) is 4.74 Å². The number of thioether (sulfide) groups is 1. The number of hydrogen-bond acceptors (Lipinski definition) is 4. The molecule has 2 aromatic rings. The lowest BCUT2D eigenvalue weighted by Gasteiger charge is -2.17. The first-order valence-electron chi connectivity index (χ1n) is 7.28. The first-order chi connectivity index (χ1) is 11.6. The summed E-state index contributed by atoms with van der Waals surface area (Å²) in [5.41, 5.74) is 3.75. The first kappa shape index (κ1) is 16.4. The molecule has 124 valence electrons. The molecule has 1 amide bonds. The number of halogens is 2. The van der Waals surface area contributed by atoms with E-state index in [0.29, 0.717) is 23.4 Å². The second kappa shape index (κ2) is 7.44. The van der Waals surface area contributed by atoms with Gasteiger partial charge in [-0.3, -0.25) is 4.79 Å². The molecule has 0 unspecified atom stereocenters. The van der Waals surface area contributed by atoms with E-state index in [1.165, 1.54) is 36.4 Å². The minimum Gasteiger partial charge on any atom is -0.484 e. The van der Waals surface area contributed by atoms with Gasteiger partial charge in [0.15, 0.2) is 6.61 Å². The number of hydrazone groups is 1. The van der Waals surface area contributed by atoms with Crippen LogP contribution in [0.3, 0.4) is 0 Å². The van der Waals surface area contributed by atoms with Gasteiger partial charge in [-0.15, -0.1) is 11.8 Å². The fraction of sp³-hybridized carbons (Fsp3) is 0.176. The van der Waals surface area contributed by atoms with Crippen molar-refractivity contribution >= 4 is 23.4 Å². The van der Waals surface area contributed by atoms with E-state index in [9.17, 15) is 13.6 Å². The summed E-state index contributed by atoms with van der Waals surface area (Å²) in [6.07, 6.45) is 0.639. The Balaban J connectivity index is 1.61. The van der Waals surface area contributed by atoms with Gasteiger partial charge in [0.2, 0.25) is 0 Å². The molecule has 7 heteroatoms. The maximum absolute atomic E-state index is 13.4. The number of hydrogen-bond donors (Lipinski definition) is 1. The van der Waals surface area contributed by atoms with E-state index < -0.39 is 5.91 Å². The Labute approximate surface area is 141 Å². The van der Waals surface area contributed by atoms with Gasteiger partial charge in [0.1, 0.15) is 17.4 Å². The van der Waals surface area contributed by atoms with Crippen molar-refractivity contribution < 1.29 is 18.3 Å². The SMILES string of the molecule is O=C(COc1ccc(F)cc1)N/N=C1/CCSc2ccc(F)cc21. The molecule has 0 saturated carbocycles. The average molecular weight is 348 g/mol. The van der Waals surface area contributed by atoms with Gasteiger partial charge >= 0.3 is 0 Å². The molecule has 0 fully saturated rings. The standard InChI is InChI=1S/C17H14F2N2O2S/c18-11-1-4-13(5-2-11)23-10-17(22)21-20-15-7-8-24-16-6-3-12(19)9-14(15)16/h1-6,9H,7-8,10H2,(H,21,22)/b20-15-. The molecule has 0 atom stereocenters. The number of benzene rings is 2. The number of amides is 1. The number of nitrogens with one attached hydrogen (secondary N) is 1. The maximum Gasteiger partial charge on any atom is 0.277 e. The monoisotopic (exact) mass is 348 g/mol. The molecule has 0 radical (unpaired) electrons. The van der Waals surface area contributed by atoms with E-state index in [0.717, 1.165) is 10.6 Å². The smallest absolute Gasteiger partial charge is 0.277 e. The van der Waals surface area contributed by atoms with E-state index in [1.54, 1.807) is 17.8 Å². The van der Waals surface area contributed by atoms with Crippen LogP contribution >= 0.6 is 11.8 Å². The molecular weight excluding hydrogens is 334 g/mol. The fourth-order valence-corrected chi connectivity index (χ4v) is 3.22. The van der Waals surface area contributed by atoms with Gasteiger partial charge in [-0.2, -0.15) is 5.10 Å². The van der Waals surface area contributed by atoms with Crippen LogP contribution in [-0.4, -0.2) is 24.0 Å². The summed E-state index contributed by atoms with van der Waals surface area (Å²) >= 11 is 1.63. The third-order valence-electron chi connectivity index (χ3n) is 3.35. The second-order valence-electron chi connectivity index (χ2n) is 5.08. The molecule has 3 rings (SSSR count). The molecule has 0 bridgehead atoms. The molecule has 1 N–H and O–H groups in total. The Morgan fingerprint density at radius 3 is 2.71 bits per heavy atom. The van der Waals surface area contributed by atoms with Crippen molar-refractivity contribution in [1.29, 1.82) is 0 Å². The third kappa shape index (κ3) is 4.11. The Hall–Kier alpha value is -2.41. The van der Waals surface area contributed by atoms with Gasteiger partial charge in [0, 0.05) is 22.6 Å². The number of ether oxygens (including phenoxy) is 1. The van der Waals surface area contributed by atoms with Gasteiger partial charge in [-0.25, -0.2) is 14.2 Å². The Kier molecular flexibility index (Phi) is 5.10. The van der Waals surface area contributed by atoms with E-state index in [-0.39, 0.29) is 18.2 Å². The van der Waals surface area contributed by atoms with Gasteiger partial charge in [-0.1, -0.05) is 0 Å². The predicted octanol–water partition coefficient (Wildman–Crippen LogP) is 3.36. The number of carbonyl (C=O) groups is 1. The van der Waals surface area contributed by atoms with Crippen LogP contribution in [0.2, 0.25) is 0 Å². The minimum absolute atomic E-state index is 0.243. The zero-order valence-electron chi connectivity index (χ0n) is 12.6. The van der Waals surface area contributed by atoms with Crippen LogP contribution in [0.15, 0.2) is 52.5 Å². The number of carbonyl (C=O) groups excluding carboxylic acids is 1. The first-order valence-corrected chi connectivity index (χ1v) is 8.27. The van der Waals surface area contributed by atoms with Crippen molar-refractivity contribution in [3.8, 4) is 5.75 Å². The molecule has 1 aliphatic rings. The van der Waals surface area contributed by atoms with Crippen molar-refractivity contribution in [2.75, 3.05) is 12.4 Å². The fourth-order valence-electron chi connectivity index (χ4n) is 2.20. The molecule has 0 spiro atoms. The Morgan fingerprint density at radius 2 is 1.92 bits per heavy atom. The highest BCUT2D eigenvalue weighted by atomic mass is 32.2. The Bertz CT molecular complexity index is 779. The molecule has 1 heterocycles. The zero-order chi connectivity index (χ0) is 16.9. The normalized spacial score (nSPS) is 15.0. The predicted molar refractivity (Wildman–Crippen MR) is 88.3 cm³/mol. The molecular formula is C17H14F2N2O2S. The highest BCUT2D eigenvalue weighted by Gasteiger charge is 2.17. The van der Waals surface area contributed by atoms with Crippen LogP contribution in [0.25, 0.3) is 0 Å². The van der Waals surface area contributed by atoms with Crippen molar-refractivity contribution in [1.82, 2.24) is 5.43 Å². The molecule has 1 aliphatic heterocycles. The summed E-state index contributed by atoms with van der Waals surface area (Å²) in [6.45, 7) is -0.243. The molecule has 2 aromatic carbocycles. The van der Waals surface area contributed by atoms with Crippen LogP contribution < -0.4 is 10.2 Å². The second-order valence-corrected chi connectivity index (χ2v) is 6.21. The quantitative estimate of drug-likeness (QED) is 0.862. The summed E-state index contributed by atoms with van der Waals surface area (Å²) in [5, 5.41) is 4.09. The van der Waals surface area contributed by atoms with Crippen LogP contribution in [-0.2, 0) is 4.79 Å². The zero-order valence-corrected chi connectivity index (χ0v) is 13.4.